The number of hydrogen-bond donors (Lipinski definition) is 0. The molecule has 1 fully saturated rings. The van der Waals surface area contributed by atoms with Crippen LogP contribution in [-0.2, 0) is 25.2 Å². The average Bonchev–Trinajstić information content (AvgIpc) is 3.57. The number of aromatic nitrogens is 1. The molecule has 1 aromatic heterocycles. The highest BCUT2D eigenvalue weighted by Gasteiger charge is 2.63. The fourth-order valence-corrected chi connectivity index (χ4v) is 7.69. The zero-order valence-corrected chi connectivity index (χ0v) is 25.4. The number of pyridine rings is 1. The SMILES string of the molecule is COc1ccc(S(=O)(=O)N2C(=O)C(c3cccnc3OC)(N3CCC[C@H]3C(=O)N(C)C)c3cc(Cl)ccc32)c(OC)c1. The van der Waals surface area contributed by atoms with Crippen molar-refractivity contribution in [1.82, 2.24) is 14.8 Å². The van der Waals surface area contributed by atoms with Gasteiger partial charge in [-0.15, -0.1) is 0 Å². The highest BCUT2D eigenvalue weighted by Crippen LogP contribution is 2.55. The Kier molecular flexibility index (Phi) is 7.82. The summed E-state index contributed by atoms with van der Waals surface area (Å²) in [5.74, 6) is -0.550. The molecule has 0 spiro atoms. The number of benzene rings is 2. The Hall–Kier alpha value is -3.87. The minimum atomic E-state index is -4.59. The number of sulfonamides is 1. The summed E-state index contributed by atoms with van der Waals surface area (Å²) >= 11 is 6.52. The van der Waals surface area contributed by atoms with E-state index in [-0.39, 0.29) is 33.1 Å². The summed E-state index contributed by atoms with van der Waals surface area (Å²) in [5.41, 5.74) is -1.14. The molecule has 2 aromatic carbocycles. The number of methoxy groups -OCH3 is 3. The molecule has 0 radical (unpaired) electrons. The van der Waals surface area contributed by atoms with Crippen LogP contribution in [0.5, 0.6) is 17.4 Å². The molecule has 2 amide bonds. The van der Waals surface area contributed by atoms with E-state index in [4.69, 9.17) is 25.8 Å². The number of ether oxygens (including phenoxy) is 3. The maximum absolute atomic E-state index is 15.1. The van der Waals surface area contributed by atoms with Crippen LogP contribution in [0.2, 0.25) is 5.02 Å². The van der Waals surface area contributed by atoms with Gasteiger partial charge in [0.25, 0.3) is 15.9 Å². The van der Waals surface area contributed by atoms with Gasteiger partial charge in [0, 0.05) is 49.1 Å². The number of rotatable bonds is 8. The first-order valence-electron chi connectivity index (χ1n) is 13.1. The zero-order valence-electron chi connectivity index (χ0n) is 23.8. The molecular formula is C29H31ClN4O7S. The minimum absolute atomic E-state index is 0.00374. The zero-order chi connectivity index (χ0) is 30.4. The van der Waals surface area contributed by atoms with Crippen LogP contribution in [0.1, 0.15) is 24.0 Å². The van der Waals surface area contributed by atoms with Crippen LogP contribution in [0.4, 0.5) is 5.69 Å². The summed E-state index contributed by atoms with van der Waals surface area (Å²) in [4.78, 5) is 36.0. The Balaban J connectivity index is 1.85. The molecule has 1 unspecified atom stereocenters. The molecule has 11 nitrogen and oxygen atoms in total. The van der Waals surface area contributed by atoms with Crippen molar-refractivity contribution in [2.75, 3.05) is 46.3 Å². The third kappa shape index (κ3) is 4.36. The van der Waals surface area contributed by atoms with E-state index < -0.39 is 27.5 Å². The van der Waals surface area contributed by atoms with Crippen molar-refractivity contribution in [3.05, 3.63) is 70.9 Å². The van der Waals surface area contributed by atoms with E-state index in [0.29, 0.717) is 36.3 Å². The Morgan fingerprint density at radius 1 is 1.05 bits per heavy atom. The lowest BCUT2D eigenvalue weighted by molar-refractivity contribution is -0.138. The first kappa shape index (κ1) is 29.6. The summed E-state index contributed by atoms with van der Waals surface area (Å²) < 4.78 is 46.0. The molecule has 2 aliphatic heterocycles. The number of carbonyl (C=O) groups excluding carboxylic acids is 2. The molecular weight excluding hydrogens is 584 g/mol. The lowest BCUT2D eigenvalue weighted by atomic mass is 9.81. The second-order valence-electron chi connectivity index (χ2n) is 10.1. The predicted octanol–water partition coefficient (Wildman–Crippen LogP) is 3.29. The highest BCUT2D eigenvalue weighted by molar-refractivity contribution is 7.93. The first-order chi connectivity index (χ1) is 20.0. The largest absolute Gasteiger partial charge is 0.497 e. The molecule has 0 aliphatic carbocycles. The van der Waals surface area contributed by atoms with E-state index in [1.807, 2.05) is 0 Å². The minimum Gasteiger partial charge on any atom is -0.497 e. The molecule has 0 saturated carbocycles. The maximum atomic E-state index is 15.1. The van der Waals surface area contributed by atoms with E-state index >= 15 is 4.79 Å². The van der Waals surface area contributed by atoms with Gasteiger partial charge in [-0.1, -0.05) is 11.6 Å². The third-order valence-corrected chi connectivity index (χ3v) is 9.69. The van der Waals surface area contributed by atoms with Crippen molar-refractivity contribution in [1.29, 1.82) is 0 Å². The molecule has 222 valence electrons. The summed E-state index contributed by atoms with van der Waals surface area (Å²) in [6.45, 7) is 0.319. The van der Waals surface area contributed by atoms with Gasteiger partial charge in [-0.3, -0.25) is 14.5 Å². The lowest BCUT2D eigenvalue weighted by Crippen LogP contribution is -2.59. The molecule has 3 heterocycles. The van der Waals surface area contributed by atoms with Crippen LogP contribution < -0.4 is 18.5 Å². The molecule has 1 saturated heterocycles. The Morgan fingerprint density at radius 2 is 1.81 bits per heavy atom. The van der Waals surface area contributed by atoms with Gasteiger partial charge in [0.1, 0.15) is 16.4 Å². The number of likely N-dealkylation sites (N-methyl/N-ethyl adjacent to an activating group) is 1. The van der Waals surface area contributed by atoms with Crippen molar-refractivity contribution in [2.45, 2.75) is 29.3 Å². The monoisotopic (exact) mass is 614 g/mol. The second kappa shape index (κ2) is 11.1. The Bertz CT molecular complexity index is 1670. The smallest absolute Gasteiger partial charge is 0.274 e. The summed E-state index contributed by atoms with van der Waals surface area (Å²) in [6.07, 6.45) is 2.57. The number of halogens is 1. The van der Waals surface area contributed by atoms with E-state index in [1.165, 1.54) is 62.8 Å². The van der Waals surface area contributed by atoms with Gasteiger partial charge in [0.05, 0.1) is 33.1 Å². The summed E-state index contributed by atoms with van der Waals surface area (Å²) in [5, 5.41) is 0.282. The molecule has 2 atom stereocenters. The number of fused-ring (bicyclic) bond motifs is 1. The van der Waals surface area contributed by atoms with E-state index in [9.17, 15) is 13.2 Å². The quantitative estimate of drug-likeness (QED) is 0.376. The lowest BCUT2D eigenvalue weighted by Gasteiger charge is -2.41. The van der Waals surface area contributed by atoms with Crippen LogP contribution in [0.3, 0.4) is 0 Å². The van der Waals surface area contributed by atoms with Crippen molar-refractivity contribution < 1.29 is 32.2 Å². The number of likely N-dealkylation sites (tertiary alicyclic amines) is 1. The number of carbonyl (C=O) groups is 2. The van der Waals surface area contributed by atoms with E-state index in [0.717, 1.165) is 4.31 Å². The maximum Gasteiger partial charge on any atom is 0.274 e. The average molecular weight is 615 g/mol. The van der Waals surface area contributed by atoms with Gasteiger partial charge in [-0.25, -0.2) is 17.7 Å². The summed E-state index contributed by atoms with van der Waals surface area (Å²) in [6, 6.07) is 11.4. The first-order valence-corrected chi connectivity index (χ1v) is 14.9. The highest BCUT2D eigenvalue weighted by atomic mass is 35.5. The van der Waals surface area contributed by atoms with Gasteiger partial charge in [0.2, 0.25) is 11.8 Å². The standard InChI is InChI=1S/C29H31ClN4O7S/c1-32(2)27(35)23-9-7-15-33(23)29(20-8-6-14-31-26(20)41-5)21-16-18(30)10-12-22(21)34(28(29)36)42(37,38)25-13-11-19(39-3)17-24(25)40-4/h6,8,10-14,16-17,23H,7,9,15H2,1-5H3/t23-,29?/m0/s1. The molecule has 0 bridgehead atoms. The molecule has 2 aliphatic rings. The second-order valence-corrected chi connectivity index (χ2v) is 12.3. The Morgan fingerprint density at radius 3 is 2.48 bits per heavy atom. The molecule has 0 N–H and O–H groups in total. The van der Waals surface area contributed by atoms with Crippen molar-refractivity contribution >= 4 is 39.1 Å². The number of anilines is 1. The van der Waals surface area contributed by atoms with Crippen LogP contribution in [0, 0.1) is 0 Å². The van der Waals surface area contributed by atoms with E-state index in [2.05, 4.69) is 4.98 Å². The van der Waals surface area contributed by atoms with E-state index in [1.54, 1.807) is 37.2 Å². The Labute approximate surface area is 249 Å². The predicted molar refractivity (Wildman–Crippen MR) is 156 cm³/mol. The number of amides is 2. The van der Waals surface area contributed by atoms with Gasteiger partial charge in [-0.05, 0) is 55.3 Å². The molecule has 5 rings (SSSR count). The van der Waals surface area contributed by atoms with Crippen LogP contribution in [0.25, 0.3) is 0 Å². The van der Waals surface area contributed by atoms with Gasteiger partial charge >= 0.3 is 0 Å². The molecule has 42 heavy (non-hydrogen) atoms. The van der Waals surface area contributed by atoms with Gasteiger partial charge in [0.15, 0.2) is 5.54 Å². The normalized spacial score (nSPS) is 20.4. The van der Waals surface area contributed by atoms with Crippen molar-refractivity contribution in [3.63, 3.8) is 0 Å². The van der Waals surface area contributed by atoms with Gasteiger partial charge < -0.3 is 19.1 Å². The van der Waals surface area contributed by atoms with Crippen LogP contribution in [0.15, 0.2) is 59.6 Å². The third-order valence-electron chi connectivity index (χ3n) is 7.71. The molecule has 3 aromatic rings. The van der Waals surface area contributed by atoms with Crippen LogP contribution in [-0.4, -0.2) is 83.0 Å². The fourth-order valence-electron chi connectivity index (χ4n) is 5.92. The number of hydrogen-bond acceptors (Lipinski definition) is 9. The fraction of sp³-hybridized carbons (Fsp3) is 0.345. The number of nitrogens with zero attached hydrogens (tertiary/aromatic N) is 4. The van der Waals surface area contributed by atoms with Crippen molar-refractivity contribution in [2.24, 2.45) is 0 Å². The molecule has 13 heteroatoms. The van der Waals surface area contributed by atoms with Gasteiger partial charge in [-0.2, -0.15) is 0 Å². The summed E-state index contributed by atoms with van der Waals surface area (Å²) in [7, 11) is 2.90. The van der Waals surface area contributed by atoms with Crippen molar-refractivity contribution in [3.8, 4) is 17.4 Å². The topological polar surface area (TPSA) is 119 Å². The van der Waals surface area contributed by atoms with Crippen LogP contribution >= 0.6 is 11.6 Å².